The Labute approximate surface area is 173 Å². The maximum Gasteiger partial charge on any atom is 0.251 e. The largest absolute Gasteiger partial charge is 0.378 e. The number of fused-ring (bicyclic) bond motifs is 1. The number of hydrogen-bond acceptors (Lipinski definition) is 4. The van der Waals surface area contributed by atoms with Gasteiger partial charge in [-0.1, -0.05) is 30.7 Å². The molecule has 0 radical (unpaired) electrons. The summed E-state index contributed by atoms with van der Waals surface area (Å²) in [5.74, 6) is 1.75. The summed E-state index contributed by atoms with van der Waals surface area (Å²) in [5.41, 5.74) is 5.49. The molecule has 0 bridgehead atoms. The predicted molar refractivity (Wildman–Crippen MR) is 119 cm³/mol. The number of anilines is 2. The van der Waals surface area contributed by atoms with Gasteiger partial charge in [-0.3, -0.25) is 4.79 Å². The van der Waals surface area contributed by atoms with Crippen molar-refractivity contribution >= 4 is 11.5 Å². The third-order valence-electron chi connectivity index (χ3n) is 6.17. The Morgan fingerprint density at radius 3 is 2.55 bits per heavy atom. The van der Waals surface area contributed by atoms with Crippen LogP contribution in [0.4, 0.5) is 11.5 Å². The van der Waals surface area contributed by atoms with Gasteiger partial charge >= 0.3 is 0 Å². The monoisotopic (exact) mass is 395 g/mol. The molecule has 1 aromatic carbocycles. The number of aryl methyl sites for hydroxylation is 1. The molecule has 29 heavy (non-hydrogen) atoms. The van der Waals surface area contributed by atoms with Gasteiger partial charge in [0, 0.05) is 44.0 Å². The van der Waals surface area contributed by atoms with Crippen molar-refractivity contribution in [2.24, 2.45) is 5.92 Å². The Kier molecular flexibility index (Phi) is 6.24. The van der Waals surface area contributed by atoms with E-state index >= 15 is 0 Å². The van der Waals surface area contributed by atoms with Crippen molar-refractivity contribution in [1.82, 2.24) is 4.98 Å². The lowest BCUT2D eigenvalue weighted by atomic mass is 10.0. The van der Waals surface area contributed by atoms with Crippen molar-refractivity contribution in [2.45, 2.75) is 39.5 Å². The standard InChI is InChI=1S/C16H25N3O2.C8H8/c1-13-3-2-5-19(6-4-13)15-11-14(12-16(20)17-15)18-7-9-21-10-8-18;1-6-2-3-7-5-8(7)4-6/h11-13H,2-10H2,1H3,(H,17,20);2-4H,5H2,1H3. The quantitative estimate of drug-likeness (QED) is 0.718. The van der Waals surface area contributed by atoms with Crippen LogP contribution in [0.2, 0.25) is 0 Å². The van der Waals surface area contributed by atoms with Gasteiger partial charge in [0.05, 0.1) is 13.2 Å². The summed E-state index contributed by atoms with van der Waals surface area (Å²) < 4.78 is 5.39. The van der Waals surface area contributed by atoms with Crippen LogP contribution in [0.15, 0.2) is 35.1 Å². The number of nitrogens with zero attached hydrogens (tertiary/aromatic N) is 2. The molecular formula is C24H33N3O2. The van der Waals surface area contributed by atoms with Crippen LogP contribution in [-0.4, -0.2) is 44.4 Å². The van der Waals surface area contributed by atoms with Gasteiger partial charge in [-0.05, 0) is 49.7 Å². The van der Waals surface area contributed by atoms with E-state index < -0.39 is 0 Å². The SMILES string of the molecule is CC1CCCN(c2cc(N3CCOCC3)cc(=O)[nH]2)CC1.Cc1ccc2c(c1)C2. The molecule has 3 heterocycles. The van der Waals surface area contributed by atoms with Gasteiger partial charge in [-0.15, -0.1) is 0 Å². The van der Waals surface area contributed by atoms with Crippen molar-refractivity contribution in [3.63, 3.8) is 0 Å². The molecule has 2 saturated heterocycles. The molecule has 3 aliphatic rings. The molecule has 1 aliphatic carbocycles. The second-order valence-corrected chi connectivity index (χ2v) is 8.66. The first-order valence-electron chi connectivity index (χ1n) is 11.0. The van der Waals surface area contributed by atoms with Crippen molar-refractivity contribution in [1.29, 1.82) is 0 Å². The molecule has 156 valence electrons. The highest BCUT2D eigenvalue weighted by Crippen LogP contribution is 2.27. The number of nitrogens with one attached hydrogen (secondary N) is 1. The van der Waals surface area contributed by atoms with E-state index in [2.05, 4.69) is 52.9 Å². The van der Waals surface area contributed by atoms with E-state index in [1.165, 1.54) is 36.8 Å². The molecule has 0 saturated carbocycles. The van der Waals surface area contributed by atoms with Crippen molar-refractivity contribution in [2.75, 3.05) is 49.2 Å². The zero-order valence-corrected chi connectivity index (χ0v) is 17.7. The minimum Gasteiger partial charge on any atom is -0.378 e. The topological polar surface area (TPSA) is 48.6 Å². The van der Waals surface area contributed by atoms with Gasteiger partial charge in [-0.2, -0.15) is 0 Å². The van der Waals surface area contributed by atoms with Gasteiger partial charge in [-0.25, -0.2) is 0 Å². The maximum absolute atomic E-state index is 12.0. The number of rotatable bonds is 2. The molecule has 2 fully saturated rings. The molecule has 1 aromatic heterocycles. The number of benzene rings is 1. The molecule has 2 aromatic rings. The Hall–Kier alpha value is -2.27. The number of aromatic amines is 1. The molecule has 5 rings (SSSR count). The smallest absolute Gasteiger partial charge is 0.251 e. The molecule has 2 aliphatic heterocycles. The van der Waals surface area contributed by atoms with Gasteiger partial charge in [0.1, 0.15) is 5.82 Å². The molecule has 1 unspecified atom stereocenters. The first-order valence-corrected chi connectivity index (χ1v) is 11.0. The van der Waals surface area contributed by atoms with Crippen molar-refractivity contribution in [3.8, 4) is 0 Å². The molecule has 5 heteroatoms. The minimum absolute atomic E-state index is 0.00807. The number of hydrogen-bond donors (Lipinski definition) is 1. The fourth-order valence-corrected chi connectivity index (χ4v) is 4.22. The lowest BCUT2D eigenvalue weighted by Crippen LogP contribution is -2.37. The first kappa shape index (κ1) is 20.0. The van der Waals surface area contributed by atoms with Crippen LogP contribution in [-0.2, 0) is 11.2 Å². The van der Waals surface area contributed by atoms with Crippen LogP contribution in [0.3, 0.4) is 0 Å². The van der Waals surface area contributed by atoms with Gasteiger partial charge in [0.25, 0.3) is 5.56 Å². The van der Waals surface area contributed by atoms with E-state index in [-0.39, 0.29) is 5.56 Å². The third kappa shape index (κ3) is 5.41. The Morgan fingerprint density at radius 2 is 1.79 bits per heavy atom. The summed E-state index contributed by atoms with van der Waals surface area (Å²) in [6.07, 6.45) is 4.92. The van der Waals surface area contributed by atoms with Crippen molar-refractivity contribution < 1.29 is 4.74 Å². The average Bonchev–Trinajstić information content (AvgIpc) is 3.52. The average molecular weight is 396 g/mol. The van der Waals surface area contributed by atoms with Gasteiger partial charge < -0.3 is 19.5 Å². The highest BCUT2D eigenvalue weighted by atomic mass is 16.5. The fraction of sp³-hybridized carbons (Fsp3) is 0.542. The Morgan fingerprint density at radius 1 is 0.966 bits per heavy atom. The summed E-state index contributed by atoms with van der Waals surface area (Å²) in [5, 5.41) is 0. The van der Waals surface area contributed by atoms with E-state index in [1.54, 1.807) is 11.6 Å². The van der Waals surface area contributed by atoms with E-state index in [0.29, 0.717) is 0 Å². The Bertz CT molecular complexity index is 885. The number of morpholine rings is 1. The van der Waals surface area contributed by atoms with E-state index in [0.717, 1.165) is 56.8 Å². The highest BCUT2D eigenvalue weighted by molar-refractivity contribution is 5.55. The van der Waals surface area contributed by atoms with Gasteiger partial charge in [0.15, 0.2) is 0 Å². The summed E-state index contributed by atoms with van der Waals surface area (Å²) in [6, 6.07) is 10.5. The zero-order chi connectivity index (χ0) is 20.2. The van der Waals surface area contributed by atoms with Crippen LogP contribution in [0.5, 0.6) is 0 Å². The summed E-state index contributed by atoms with van der Waals surface area (Å²) in [7, 11) is 0. The van der Waals surface area contributed by atoms with Crippen molar-refractivity contribution in [3.05, 3.63) is 57.4 Å². The van der Waals surface area contributed by atoms with Crippen LogP contribution in [0, 0.1) is 12.8 Å². The Balaban J connectivity index is 0.000000211. The summed E-state index contributed by atoms with van der Waals surface area (Å²) in [6.45, 7) is 9.72. The third-order valence-corrected chi connectivity index (χ3v) is 6.17. The predicted octanol–water partition coefficient (Wildman–Crippen LogP) is 3.74. The second-order valence-electron chi connectivity index (χ2n) is 8.66. The van der Waals surface area contributed by atoms with E-state index in [1.807, 2.05) is 0 Å². The van der Waals surface area contributed by atoms with E-state index in [9.17, 15) is 4.79 Å². The molecule has 0 amide bonds. The maximum atomic E-state index is 12.0. The zero-order valence-electron chi connectivity index (χ0n) is 17.7. The normalized spacial score (nSPS) is 21.0. The summed E-state index contributed by atoms with van der Waals surface area (Å²) in [4.78, 5) is 19.6. The number of pyridine rings is 1. The number of aromatic nitrogens is 1. The summed E-state index contributed by atoms with van der Waals surface area (Å²) >= 11 is 0. The van der Waals surface area contributed by atoms with Crippen LogP contribution < -0.4 is 15.4 Å². The highest BCUT2D eigenvalue weighted by Gasteiger charge is 2.18. The van der Waals surface area contributed by atoms with Crippen LogP contribution in [0.25, 0.3) is 0 Å². The molecule has 0 spiro atoms. The molecule has 5 nitrogen and oxygen atoms in total. The number of H-pyrrole nitrogens is 1. The lowest BCUT2D eigenvalue weighted by Gasteiger charge is -2.30. The van der Waals surface area contributed by atoms with Crippen LogP contribution >= 0.6 is 0 Å². The minimum atomic E-state index is -0.00807. The first-order chi connectivity index (χ1) is 14.1. The second kappa shape index (κ2) is 9.04. The van der Waals surface area contributed by atoms with E-state index in [4.69, 9.17) is 4.74 Å². The lowest BCUT2D eigenvalue weighted by molar-refractivity contribution is 0.122. The number of ether oxygens (including phenoxy) is 1. The van der Waals surface area contributed by atoms with Gasteiger partial charge in [0.2, 0.25) is 0 Å². The molecule has 1 N–H and O–H groups in total. The fourth-order valence-electron chi connectivity index (χ4n) is 4.22. The van der Waals surface area contributed by atoms with Crippen LogP contribution in [0.1, 0.15) is 42.9 Å². The molecule has 1 atom stereocenters. The molecular weight excluding hydrogens is 362 g/mol.